The number of amides is 1. The van der Waals surface area contributed by atoms with Gasteiger partial charge in [0.25, 0.3) is 0 Å². The van der Waals surface area contributed by atoms with Crippen LogP contribution in [-0.2, 0) is 10.3 Å². The van der Waals surface area contributed by atoms with Crippen LogP contribution in [0.25, 0.3) is 0 Å². The lowest BCUT2D eigenvalue weighted by Crippen LogP contribution is -2.51. The van der Waals surface area contributed by atoms with Gasteiger partial charge in [-0.15, -0.1) is 5.10 Å². The first kappa shape index (κ1) is 14.0. The van der Waals surface area contributed by atoms with E-state index in [4.69, 9.17) is 11.5 Å². The van der Waals surface area contributed by atoms with Gasteiger partial charge in [0.2, 0.25) is 11.1 Å². The van der Waals surface area contributed by atoms with Gasteiger partial charge in [0.1, 0.15) is 5.54 Å². The maximum Gasteiger partial charge on any atom is 0.243 e. The van der Waals surface area contributed by atoms with Crippen LogP contribution in [0.4, 0.5) is 0 Å². The van der Waals surface area contributed by atoms with E-state index in [-0.39, 0.29) is 0 Å². The molecular formula is C13H16N6OS. The van der Waals surface area contributed by atoms with Gasteiger partial charge >= 0.3 is 0 Å². The van der Waals surface area contributed by atoms with Crippen molar-refractivity contribution in [3.8, 4) is 0 Å². The van der Waals surface area contributed by atoms with Gasteiger partial charge in [0.15, 0.2) is 0 Å². The number of carbonyl (C=O) groups excluding carboxylic acids is 1. The van der Waals surface area contributed by atoms with E-state index in [0.717, 1.165) is 12.8 Å². The van der Waals surface area contributed by atoms with Gasteiger partial charge in [-0.3, -0.25) is 4.79 Å². The number of nitrogens with zero attached hydrogens (tertiary/aromatic N) is 4. The number of rotatable bonds is 6. The summed E-state index contributed by atoms with van der Waals surface area (Å²) in [6.45, 7) is 0. The van der Waals surface area contributed by atoms with Crippen molar-refractivity contribution in [3.05, 3.63) is 35.9 Å². The lowest BCUT2D eigenvalue weighted by atomic mass is 9.92. The molecule has 0 aliphatic heterocycles. The molecule has 1 heterocycles. The number of tetrazole rings is 1. The summed E-state index contributed by atoms with van der Waals surface area (Å²) in [6, 6.07) is 9.51. The van der Waals surface area contributed by atoms with Crippen molar-refractivity contribution < 1.29 is 4.79 Å². The minimum absolute atomic E-state index is 0.291. The van der Waals surface area contributed by atoms with E-state index in [1.54, 1.807) is 16.8 Å². The van der Waals surface area contributed by atoms with Gasteiger partial charge < -0.3 is 11.5 Å². The number of hydrogen-bond donors (Lipinski definition) is 2. The van der Waals surface area contributed by atoms with Crippen LogP contribution in [0.15, 0.2) is 35.5 Å². The highest BCUT2D eigenvalue weighted by Crippen LogP contribution is 2.37. The molecular weight excluding hydrogens is 288 g/mol. The monoisotopic (exact) mass is 304 g/mol. The predicted molar refractivity (Wildman–Crippen MR) is 78.3 cm³/mol. The second-order valence-corrected chi connectivity index (χ2v) is 6.07. The fourth-order valence-corrected chi connectivity index (χ4v) is 3.12. The minimum Gasteiger partial charge on any atom is -0.368 e. The van der Waals surface area contributed by atoms with Crippen molar-refractivity contribution in [1.29, 1.82) is 0 Å². The highest BCUT2D eigenvalue weighted by atomic mass is 32.2. The topological polar surface area (TPSA) is 113 Å². The molecule has 2 aromatic rings. The zero-order valence-electron chi connectivity index (χ0n) is 11.3. The number of hydrogen-bond acceptors (Lipinski definition) is 6. The highest BCUT2D eigenvalue weighted by molar-refractivity contribution is 7.99. The lowest BCUT2D eigenvalue weighted by molar-refractivity contribution is -0.122. The van der Waals surface area contributed by atoms with Crippen LogP contribution in [0.3, 0.4) is 0 Å². The molecule has 110 valence electrons. The molecule has 1 unspecified atom stereocenters. The van der Waals surface area contributed by atoms with E-state index >= 15 is 0 Å². The summed E-state index contributed by atoms with van der Waals surface area (Å²) in [5, 5.41) is 12.3. The third-order valence-corrected chi connectivity index (χ3v) is 4.64. The zero-order valence-corrected chi connectivity index (χ0v) is 12.2. The fourth-order valence-electron chi connectivity index (χ4n) is 2.04. The highest BCUT2D eigenvalue weighted by Gasteiger charge is 2.36. The molecule has 1 atom stereocenters. The number of carbonyl (C=O) groups is 1. The maximum atomic E-state index is 11.8. The van der Waals surface area contributed by atoms with Gasteiger partial charge in [0.05, 0.1) is 6.04 Å². The van der Waals surface area contributed by atoms with Crippen LogP contribution < -0.4 is 11.5 Å². The summed E-state index contributed by atoms with van der Waals surface area (Å²) in [5.74, 6) is -0.272. The molecule has 1 amide bonds. The Labute approximate surface area is 126 Å². The average molecular weight is 304 g/mol. The number of benzene rings is 1. The predicted octanol–water partition coefficient (Wildman–Crippen LogP) is 0.440. The minimum atomic E-state index is -1.24. The lowest BCUT2D eigenvalue weighted by Gasteiger charge is -2.25. The van der Waals surface area contributed by atoms with Gasteiger partial charge in [-0.1, -0.05) is 42.1 Å². The first-order chi connectivity index (χ1) is 10.1. The van der Waals surface area contributed by atoms with Gasteiger partial charge in [0, 0.05) is 5.75 Å². The van der Waals surface area contributed by atoms with Crippen molar-refractivity contribution >= 4 is 17.7 Å². The van der Waals surface area contributed by atoms with Gasteiger partial charge in [-0.25, -0.2) is 4.68 Å². The Hall–Kier alpha value is -1.93. The van der Waals surface area contributed by atoms with Crippen molar-refractivity contribution in [3.63, 3.8) is 0 Å². The zero-order chi connectivity index (χ0) is 14.9. The summed E-state index contributed by atoms with van der Waals surface area (Å²) in [6.07, 6.45) is 2.17. The first-order valence-corrected chi connectivity index (χ1v) is 7.65. The molecule has 0 radical (unpaired) electrons. The van der Waals surface area contributed by atoms with Crippen LogP contribution in [0.1, 0.15) is 24.4 Å². The second kappa shape index (κ2) is 5.45. The Balaban J connectivity index is 1.80. The van der Waals surface area contributed by atoms with E-state index in [2.05, 4.69) is 15.5 Å². The Morgan fingerprint density at radius 3 is 2.71 bits per heavy atom. The molecule has 3 rings (SSSR count). The van der Waals surface area contributed by atoms with E-state index in [1.807, 2.05) is 18.2 Å². The molecule has 1 aromatic heterocycles. The Morgan fingerprint density at radius 1 is 1.38 bits per heavy atom. The third-order valence-electron chi connectivity index (χ3n) is 3.51. The molecule has 1 aliphatic carbocycles. The molecule has 0 spiro atoms. The molecule has 1 aliphatic rings. The Morgan fingerprint density at radius 2 is 2.10 bits per heavy atom. The maximum absolute atomic E-state index is 11.8. The summed E-state index contributed by atoms with van der Waals surface area (Å²) in [5.41, 5.74) is 11.2. The smallest absolute Gasteiger partial charge is 0.243 e. The van der Waals surface area contributed by atoms with Crippen LogP contribution in [0.5, 0.6) is 0 Å². The van der Waals surface area contributed by atoms with Crippen molar-refractivity contribution in [2.24, 2.45) is 11.5 Å². The van der Waals surface area contributed by atoms with Crippen LogP contribution in [0, 0.1) is 0 Å². The molecule has 1 aromatic carbocycles. The summed E-state index contributed by atoms with van der Waals surface area (Å²) in [4.78, 5) is 11.8. The van der Waals surface area contributed by atoms with Gasteiger partial charge in [-0.2, -0.15) is 0 Å². The SMILES string of the molecule is NC(=O)C(N)(CSc1nnnn1C1CC1)c1ccccc1. The molecule has 8 heteroatoms. The normalized spacial score (nSPS) is 17.4. The second-order valence-electron chi connectivity index (χ2n) is 5.13. The molecule has 21 heavy (non-hydrogen) atoms. The molecule has 1 saturated carbocycles. The Bertz CT molecular complexity index is 641. The standard InChI is InChI=1S/C13H16N6OS/c14-11(20)13(15,9-4-2-1-3-5-9)8-21-12-16-17-18-19(12)10-6-7-10/h1-5,10H,6-8,15H2,(H2,14,20). The number of aromatic nitrogens is 4. The fraction of sp³-hybridized carbons (Fsp3) is 0.385. The molecule has 4 N–H and O–H groups in total. The Kier molecular flexibility index (Phi) is 3.64. The molecule has 0 bridgehead atoms. The van der Waals surface area contributed by atoms with E-state index in [9.17, 15) is 4.79 Å². The van der Waals surface area contributed by atoms with Crippen molar-refractivity contribution in [1.82, 2.24) is 20.2 Å². The molecule has 7 nitrogen and oxygen atoms in total. The van der Waals surface area contributed by atoms with Crippen molar-refractivity contribution in [2.75, 3.05) is 5.75 Å². The van der Waals surface area contributed by atoms with E-state index < -0.39 is 11.4 Å². The summed E-state index contributed by atoms with van der Waals surface area (Å²) in [7, 11) is 0. The number of nitrogens with two attached hydrogens (primary N) is 2. The largest absolute Gasteiger partial charge is 0.368 e. The van der Waals surface area contributed by atoms with Gasteiger partial charge in [-0.05, 0) is 28.8 Å². The van der Waals surface area contributed by atoms with Crippen LogP contribution in [0.2, 0.25) is 0 Å². The van der Waals surface area contributed by atoms with Crippen LogP contribution >= 0.6 is 11.8 Å². The van der Waals surface area contributed by atoms with Crippen LogP contribution in [-0.4, -0.2) is 31.9 Å². The molecule has 0 saturated heterocycles. The van der Waals surface area contributed by atoms with Crippen molar-refractivity contribution in [2.45, 2.75) is 29.6 Å². The van der Waals surface area contributed by atoms with E-state index in [0.29, 0.717) is 22.5 Å². The molecule has 1 fully saturated rings. The quantitative estimate of drug-likeness (QED) is 0.749. The number of primary amides is 1. The average Bonchev–Trinajstić information content (AvgIpc) is 3.24. The van der Waals surface area contributed by atoms with E-state index in [1.165, 1.54) is 11.8 Å². The summed E-state index contributed by atoms with van der Waals surface area (Å²) >= 11 is 1.35. The third kappa shape index (κ3) is 2.77. The summed E-state index contributed by atoms with van der Waals surface area (Å²) < 4.78 is 1.79. The number of thioether (sulfide) groups is 1. The first-order valence-electron chi connectivity index (χ1n) is 6.66.